The average molecular weight is 214 g/mol. The van der Waals surface area contributed by atoms with E-state index in [0.29, 0.717) is 17.4 Å². The molecule has 1 aromatic carbocycles. The molecule has 1 aromatic rings. The van der Waals surface area contributed by atoms with Crippen LogP contribution in [0, 0.1) is 0 Å². The van der Waals surface area contributed by atoms with E-state index in [9.17, 15) is 0 Å². The molecule has 0 radical (unpaired) electrons. The molecular weight excluding hydrogens is 202 g/mol. The van der Waals surface area contributed by atoms with Gasteiger partial charge in [0, 0.05) is 29.1 Å². The van der Waals surface area contributed by atoms with Gasteiger partial charge in [0.05, 0.1) is 13.7 Å². The lowest BCUT2D eigenvalue weighted by molar-refractivity contribution is 0.253. The van der Waals surface area contributed by atoms with Crippen molar-refractivity contribution < 1.29 is 9.47 Å². The van der Waals surface area contributed by atoms with Gasteiger partial charge in [-0.3, -0.25) is 0 Å². The van der Waals surface area contributed by atoms with Crippen molar-refractivity contribution in [3.05, 3.63) is 22.7 Å². The summed E-state index contributed by atoms with van der Waals surface area (Å²) in [5, 5.41) is 0.626. The smallest absolute Gasteiger partial charge is 0.166 e. The highest BCUT2D eigenvalue weighted by Gasteiger charge is 2.22. The highest BCUT2D eigenvalue weighted by Crippen LogP contribution is 2.40. The zero-order valence-corrected chi connectivity index (χ0v) is 8.67. The lowest BCUT2D eigenvalue weighted by Crippen LogP contribution is -2.20. The maximum absolute atomic E-state index is 5.94. The molecule has 0 bridgehead atoms. The maximum Gasteiger partial charge on any atom is 0.166 e. The lowest BCUT2D eigenvalue weighted by Gasteiger charge is -2.24. The monoisotopic (exact) mass is 213 g/mol. The Morgan fingerprint density at radius 2 is 2.36 bits per heavy atom. The van der Waals surface area contributed by atoms with Crippen molar-refractivity contribution in [2.24, 2.45) is 5.73 Å². The maximum atomic E-state index is 5.94. The fourth-order valence-electron chi connectivity index (χ4n) is 1.61. The van der Waals surface area contributed by atoms with Gasteiger partial charge < -0.3 is 15.2 Å². The van der Waals surface area contributed by atoms with Gasteiger partial charge in [-0.2, -0.15) is 0 Å². The van der Waals surface area contributed by atoms with Gasteiger partial charge in [0.15, 0.2) is 11.5 Å². The number of ether oxygens (including phenoxy) is 2. The first kappa shape index (κ1) is 9.62. The molecule has 0 aromatic heterocycles. The second-order valence-corrected chi connectivity index (χ2v) is 3.71. The number of halogens is 1. The third-order valence-electron chi connectivity index (χ3n) is 2.34. The summed E-state index contributed by atoms with van der Waals surface area (Å²) in [6, 6.07) is 3.56. The molecule has 0 spiro atoms. The summed E-state index contributed by atoms with van der Waals surface area (Å²) in [6.07, 6.45) is 0.816. The third kappa shape index (κ3) is 1.53. The van der Waals surface area contributed by atoms with Gasteiger partial charge in [-0.15, -0.1) is 0 Å². The molecule has 3 nitrogen and oxygen atoms in total. The molecule has 2 N–H and O–H groups in total. The highest BCUT2D eigenvalue weighted by molar-refractivity contribution is 6.30. The van der Waals surface area contributed by atoms with E-state index in [2.05, 4.69) is 0 Å². The second kappa shape index (κ2) is 3.67. The van der Waals surface area contributed by atoms with Crippen molar-refractivity contribution in [2.45, 2.75) is 12.5 Å². The number of benzene rings is 1. The molecule has 0 saturated heterocycles. The van der Waals surface area contributed by atoms with Gasteiger partial charge >= 0.3 is 0 Å². The number of hydrogen-bond donors (Lipinski definition) is 1. The highest BCUT2D eigenvalue weighted by atomic mass is 35.5. The molecule has 14 heavy (non-hydrogen) atoms. The summed E-state index contributed by atoms with van der Waals surface area (Å²) in [5.41, 5.74) is 6.88. The summed E-state index contributed by atoms with van der Waals surface area (Å²) >= 11 is 5.93. The molecule has 0 amide bonds. The Morgan fingerprint density at radius 1 is 1.57 bits per heavy atom. The first-order valence-electron chi connectivity index (χ1n) is 4.48. The van der Waals surface area contributed by atoms with Gasteiger partial charge in [0.1, 0.15) is 0 Å². The van der Waals surface area contributed by atoms with Crippen molar-refractivity contribution in [3.8, 4) is 11.5 Å². The van der Waals surface area contributed by atoms with Crippen molar-refractivity contribution in [2.75, 3.05) is 13.7 Å². The number of nitrogens with two attached hydrogens (primary N) is 1. The van der Waals surface area contributed by atoms with Gasteiger partial charge in [-0.05, 0) is 6.07 Å². The van der Waals surface area contributed by atoms with Crippen LogP contribution in [0.15, 0.2) is 12.1 Å². The van der Waals surface area contributed by atoms with Crippen molar-refractivity contribution in [3.63, 3.8) is 0 Å². The molecule has 2 rings (SSSR count). The lowest BCUT2D eigenvalue weighted by atomic mass is 10.0. The Morgan fingerprint density at radius 3 is 3.07 bits per heavy atom. The first-order valence-corrected chi connectivity index (χ1v) is 4.86. The summed E-state index contributed by atoms with van der Waals surface area (Å²) < 4.78 is 10.7. The second-order valence-electron chi connectivity index (χ2n) is 3.27. The van der Waals surface area contributed by atoms with Crippen LogP contribution in [0.4, 0.5) is 0 Å². The molecule has 76 valence electrons. The van der Waals surface area contributed by atoms with Crippen LogP contribution >= 0.6 is 11.6 Å². The van der Waals surface area contributed by atoms with Crippen LogP contribution in [0.2, 0.25) is 5.02 Å². The zero-order chi connectivity index (χ0) is 10.1. The van der Waals surface area contributed by atoms with Crippen molar-refractivity contribution in [1.82, 2.24) is 0 Å². The Bertz CT molecular complexity index is 354. The molecule has 1 atom stereocenters. The van der Waals surface area contributed by atoms with Gasteiger partial charge in [-0.25, -0.2) is 0 Å². The van der Waals surface area contributed by atoms with E-state index in [1.165, 1.54) is 0 Å². The number of fused-ring (bicyclic) bond motifs is 1. The van der Waals surface area contributed by atoms with Crippen LogP contribution in [0.3, 0.4) is 0 Å². The Balaban J connectivity index is 2.54. The van der Waals surface area contributed by atoms with Crippen LogP contribution in [0.5, 0.6) is 11.5 Å². The fraction of sp³-hybridized carbons (Fsp3) is 0.400. The van der Waals surface area contributed by atoms with Crippen LogP contribution in [-0.4, -0.2) is 13.7 Å². The van der Waals surface area contributed by atoms with E-state index in [-0.39, 0.29) is 6.04 Å². The normalized spacial score (nSPS) is 19.8. The standard InChI is InChI=1S/C10H12ClNO2/c1-13-9-5-6(11)4-7-8(12)2-3-14-10(7)9/h4-5,8H,2-3,12H2,1H3/t8-/m1/s1. The SMILES string of the molecule is COc1cc(Cl)cc2c1OCC[C@H]2N. The van der Waals surface area contributed by atoms with Crippen molar-refractivity contribution >= 4 is 11.6 Å². The number of rotatable bonds is 1. The first-order chi connectivity index (χ1) is 6.72. The molecule has 0 unspecified atom stereocenters. The van der Waals surface area contributed by atoms with Crippen LogP contribution in [0.25, 0.3) is 0 Å². The summed E-state index contributed by atoms with van der Waals surface area (Å²) in [4.78, 5) is 0. The van der Waals surface area contributed by atoms with Gasteiger partial charge in [-0.1, -0.05) is 11.6 Å². The van der Waals surface area contributed by atoms with Crippen molar-refractivity contribution in [1.29, 1.82) is 0 Å². The largest absolute Gasteiger partial charge is 0.493 e. The summed E-state index contributed by atoms with van der Waals surface area (Å²) in [7, 11) is 1.59. The zero-order valence-electron chi connectivity index (χ0n) is 7.92. The molecular formula is C10H12ClNO2. The van der Waals surface area contributed by atoms with E-state index in [1.54, 1.807) is 13.2 Å². The predicted octanol–water partition coefficient (Wildman–Crippen LogP) is 2.13. The quantitative estimate of drug-likeness (QED) is 0.777. The summed E-state index contributed by atoms with van der Waals surface area (Å²) in [5.74, 6) is 1.39. The third-order valence-corrected chi connectivity index (χ3v) is 2.56. The van der Waals surface area contributed by atoms with Crippen LogP contribution in [-0.2, 0) is 0 Å². The average Bonchev–Trinajstić information content (AvgIpc) is 2.18. The summed E-state index contributed by atoms with van der Waals surface area (Å²) in [6.45, 7) is 0.631. The van der Waals surface area contributed by atoms with Crippen LogP contribution < -0.4 is 15.2 Å². The molecule has 1 aliphatic rings. The minimum atomic E-state index is -0.00801. The topological polar surface area (TPSA) is 44.5 Å². The van der Waals surface area contributed by atoms with E-state index < -0.39 is 0 Å². The minimum Gasteiger partial charge on any atom is -0.493 e. The molecule has 4 heteroatoms. The van der Waals surface area contributed by atoms with Crippen LogP contribution in [0.1, 0.15) is 18.0 Å². The van der Waals surface area contributed by atoms with E-state index in [0.717, 1.165) is 17.7 Å². The predicted molar refractivity (Wildman–Crippen MR) is 55.0 cm³/mol. The van der Waals surface area contributed by atoms with E-state index in [1.807, 2.05) is 6.07 Å². The Hall–Kier alpha value is -0.930. The van der Waals surface area contributed by atoms with E-state index >= 15 is 0 Å². The van der Waals surface area contributed by atoms with Gasteiger partial charge in [0.25, 0.3) is 0 Å². The van der Waals surface area contributed by atoms with E-state index in [4.69, 9.17) is 26.8 Å². The number of methoxy groups -OCH3 is 1. The molecule has 0 saturated carbocycles. The molecule has 0 aliphatic carbocycles. The van der Waals surface area contributed by atoms with Gasteiger partial charge in [0.2, 0.25) is 0 Å². The molecule has 1 aliphatic heterocycles. The Kier molecular flexibility index (Phi) is 2.52. The minimum absolute atomic E-state index is 0.00801. The molecule has 1 heterocycles. The number of hydrogen-bond acceptors (Lipinski definition) is 3. The Labute approximate surface area is 87.8 Å². The molecule has 0 fully saturated rings. The fourth-order valence-corrected chi connectivity index (χ4v) is 1.83.